The van der Waals surface area contributed by atoms with E-state index in [4.69, 9.17) is 4.74 Å². The SMILES string of the molecule is CC(C)(C)OCCn1cc(C=O)cn1. The highest BCUT2D eigenvalue weighted by molar-refractivity contribution is 5.73. The van der Waals surface area contributed by atoms with Gasteiger partial charge in [0.1, 0.15) is 0 Å². The number of ether oxygens (including phenoxy) is 1. The smallest absolute Gasteiger partial charge is 0.153 e. The molecule has 0 aromatic carbocycles. The van der Waals surface area contributed by atoms with Crippen LogP contribution in [0.1, 0.15) is 31.1 Å². The van der Waals surface area contributed by atoms with Crippen LogP contribution in [-0.4, -0.2) is 28.3 Å². The molecule has 1 rings (SSSR count). The first-order valence-electron chi connectivity index (χ1n) is 4.63. The van der Waals surface area contributed by atoms with Gasteiger partial charge in [0, 0.05) is 6.20 Å². The third-order valence-electron chi connectivity index (χ3n) is 1.64. The van der Waals surface area contributed by atoms with E-state index in [1.165, 1.54) is 0 Å². The van der Waals surface area contributed by atoms with Gasteiger partial charge in [-0.15, -0.1) is 0 Å². The minimum Gasteiger partial charge on any atom is -0.374 e. The summed E-state index contributed by atoms with van der Waals surface area (Å²) in [7, 11) is 0. The van der Waals surface area contributed by atoms with E-state index in [1.54, 1.807) is 17.1 Å². The average Bonchev–Trinajstić information content (AvgIpc) is 2.50. The van der Waals surface area contributed by atoms with E-state index in [-0.39, 0.29) is 5.60 Å². The van der Waals surface area contributed by atoms with Gasteiger partial charge in [-0.1, -0.05) is 0 Å². The van der Waals surface area contributed by atoms with Crippen molar-refractivity contribution < 1.29 is 9.53 Å². The lowest BCUT2D eigenvalue weighted by Gasteiger charge is -2.19. The summed E-state index contributed by atoms with van der Waals surface area (Å²) in [4.78, 5) is 10.4. The van der Waals surface area contributed by atoms with Crippen LogP contribution in [0.2, 0.25) is 0 Å². The summed E-state index contributed by atoms with van der Waals surface area (Å²) in [5, 5.41) is 4.01. The normalized spacial score (nSPS) is 11.6. The van der Waals surface area contributed by atoms with Crippen LogP contribution in [0.25, 0.3) is 0 Å². The Balaban J connectivity index is 2.35. The van der Waals surface area contributed by atoms with Gasteiger partial charge in [-0.3, -0.25) is 9.48 Å². The molecule has 1 aromatic heterocycles. The molecule has 0 N–H and O–H groups in total. The summed E-state index contributed by atoms with van der Waals surface area (Å²) < 4.78 is 7.23. The molecule has 14 heavy (non-hydrogen) atoms. The molecule has 0 spiro atoms. The first kappa shape index (κ1) is 10.9. The van der Waals surface area contributed by atoms with Crippen LogP contribution in [0.5, 0.6) is 0 Å². The van der Waals surface area contributed by atoms with E-state index in [0.29, 0.717) is 18.7 Å². The lowest BCUT2D eigenvalue weighted by atomic mass is 10.2. The maximum Gasteiger partial charge on any atom is 0.153 e. The summed E-state index contributed by atoms with van der Waals surface area (Å²) in [5.41, 5.74) is 0.474. The van der Waals surface area contributed by atoms with E-state index < -0.39 is 0 Å². The number of hydrogen-bond acceptors (Lipinski definition) is 3. The quantitative estimate of drug-likeness (QED) is 0.686. The molecule has 4 nitrogen and oxygen atoms in total. The van der Waals surface area contributed by atoms with Gasteiger partial charge in [-0.25, -0.2) is 0 Å². The summed E-state index contributed by atoms with van der Waals surface area (Å²) in [5.74, 6) is 0. The van der Waals surface area contributed by atoms with Crippen molar-refractivity contribution in [3.63, 3.8) is 0 Å². The molecule has 4 heteroatoms. The predicted molar refractivity (Wildman–Crippen MR) is 53.3 cm³/mol. The number of aldehydes is 1. The fourth-order valence-corrected chi connectivity index (χ4v) is 1.01. The molecule has 0 saturated heterocycles. The highest BCUT2D eigenvalue weighted by Crippen LogP contribution is 2.06. The minimum absolute atomic E-state index is 0.124. The highest BCUT2D eigenvalue weighted by Gasteiger charge is 2.09. The first-order chi connectivity index (χ1) is 6.51. The van der Waals surface area contributed by atoms with E-state index in [0.717, 1.165) is 6.29 Å². The van der Waals surface area contributed by atoms with Crippen molar-refractivity contribution in [3.05, 3.63) is 18.0 Å². The van der Waals surface area contributed by atoms with Gasteiger partial charge >= 0.3 is 0 Å². The fourth-order valence-electron chi connectivity index (χ4n) is 1.01. The van der Waals surface area contributed by atoms with Crippen LogP contribution in [-0.2, 0) is 11.3 Å². The minimum atomic E-state index is -0.124. The summed E-state index contributed by atoms with van der Waals surface area (Å²) in [6.07, 6.45) is 4.04. The third-order valence-corrected chi connectivity index (χ3v) is 1.64. The second-order valence-corrected chi connectivity index (χ2v) is 4.12. The average molecular weight is 196 g/mol. The molecule has 0 aliphatic heterocycles. The van der Waals surface area contributed by atoms with Gasteiger partial charge in [-0.05, 0) is 20.8 Å². The lowest BCUT2D eigenvalue weighted by molar-refractivity contribution is -0.00790. The van der Waals surface area contributed by atoms with Gasteiger partial charge in [0.15, 0.2) is 6.29 Å². The Kier molecular flexibility index (Phi) is 3.41. The summed E-state index contributed by atoms with van der Waals surface area (Å²) in [6.45, 7) is 7.29. The molecule has 1 heterocycles. The van der Waals surface area contributed by atoms with Crippen LogP contribution >= 0.6 is 0 Å². The van der Waals surface area contributed by atoms with E-state index in [9.17, 15) is 4.79 Å². The van der Waals surface area contributed by atoms with Gasteiger partial charge in [0.05, 0.1) is 30.5 Å². The molecular formula is C10H16N2O2. The standard InChI is InChI=1S/C10H16N2O2/c1-10(2,3)14-5-4-12-7-9(8-13)6-11-12/h6-8H,4-5H2,1-3H3. The number of rotatable bonds is 4. The maximum absolute atomic E-state index is 10.4. The molecule has 78 valence electrons. The Morgan fingerprint density at radius 1 is 1.57 bits per heavy atom. The van der Waals surface area contributed by atoms with Crippen LogP contribution in [0.3, 0.4) is 0 Å². The zero-order valence-corrected chi connectivity index (χ0v) is 8.86. The highest BCUT2D eigenvalue weighted by atomic mass is 16.5. The van der Waals surface area contributed by atoms with Gasteiger partial charge in [-0.2, -0.15) is 5.10 Å². The number of carbonyl (C=O) groups excluding carboxylic acids is 1. The van der Waals surface area contributed by atoms with Crippen molar-refractivity contribution in [3.8, 4) is 0 Å². The van der Waals surface area contributed by atoms with E-state index in [1.807, 2.05) is 20.8 Å². The van der Waals surface area contributed by atoms with Gasteiger partial charge in [0.25, 0.3) is 0 Å². The Labute approximate surface area is 83.9 Å². The molecule has 0 amide bonds. The molecule has 1 aromatic rings. The monoisotopic (exact) mass is 196 g/mol. The lowest BCUT2D eigenvalue weighted by Crippen LogP contribution is -2.22. The fraction of sp³-hybridized carbons (Fsp3) is 0.600. The molecule has 0 atom stereocenters. The molecule has 0 radical (unpaired) electrons. The molecule has 0 fully saturated rings. The molecule has 0 unspecified atom stereocenters. The Hall–Kier alpha value is -1.16. The van der Waals surface area contributed by atoms with Crippen LogP contribution in [0, 0.1) is 0 Å². The molecule has 0 saturated carbocycles. The molecule has 0 aliphatic rings. The van der Waals surface area contributed by atoms with Crippen molar-refractivity contribution in [2.45, 2.75) is 32.9 Å². The van der Waals surface area contributed by atoms with Crippen molar-refractivity contribution in [1.82, 2.24) is 9.78 Å². The van der Waals surface area contributed by atoms with Crippen molar-refractivity contribution in [1.29, 1.82) is 0 Å². The number of carbonyl (C=O) groups is 1. The van der Waals surface area contributed by atoms with Gasteiger partial charge < -0.3 is 4.74 Å². The third kappa shape index (κ3) is 3.70. The zero-order chi connectivity index (χ0) is 10.6. The van der Waals surface area contributed by atoms with Crippen LogP contribution in [0.15, 0.2) is 12.4 Å². The van der Waals surface area contributed by atoms with Crippen LogP contribution < -0.4 is 0 Å². The summed E-state index contributed by atoms with van der Waals surface area (Å²) in [6, 6.07) is 0. The van der Waals surface area contributed by atoms with Crippen molar-refractivity contribution in [2.24, 2.45) is 0 Å². The number of aromatic nitrogens is 2. The second kappa shape index (κ2) is 4.37. The van der Waals surface area contributed by atoms with E-state index in [2.05, 4.69) is 5.10 Å². The Morgan fingerprint density at radius 3 is 2.79 bits per heavy atom. The Bertz CT molecular complexity index is 299. The van der Waals surface area contributed by atoms with E-state index >= 15 is 0 Å². The van der Waals surface area contributed by atoms with Crippen molar-refractivity contribution >= 4 is 6.29 Å². The molecular weight excluding hydrogens is 180 g/mol. The Morgan fingerprint density at radius 2 is 2.29 bits per heavy atom. The summed E-state index contributed by atoms with van der Waals surface area (Å²) >= 11 is 0. The first-order valence-corrected chi connectivity index (χ1v) is 4.63. The topological polar surface area (TPSA) is 44.1 Å². The number of hydrogen-bond donors (Lipinski definition) is 0. The molecule has 0 bridgehead atoms. The van der Waals surface area contributed by atoms with Crippen molar-refractivity contribution in [2.75, 3.05) is 6.61 Å². The number of nitrogens with zero attached hydrogens (tertiary/aromatic N) is 2. The largest absolute Gasteiger partial charge is 0.374 e. The second-order valence-electron chi connectivity index (χ2n) is 4.12. The van der Waals surface area contributed by atoms with Crippen LogP contribution in [0.4, 0.5) is 0 Å². The zero-order valence-electron chi connectivity index (χ0n) is 8.86. The maximum atomic E-state index is 10.4. The predicted octanol–water partition coefficient (Wildman–Crippen LogP) is 1.51. The molecule has 0 aliphatic carbocycles. The van der Waals surface area contributed by atoms with Gasteiger partial charge in [0.2, 0.25) is 0 Å².